The Hall–Kier alpha value is -6.58. The summed E-state index contributed by atoms with van der Waals surface area (Å²) >= 11 is 0. The number of anilines is 6. The van der Waals surface area contributed by atoms with E-state index in [9.17, 15) is 0 Å². The SMILES string of the molecule is Cc1cc2c3c(c1)N(c1ccc(C(C)(C)C)cc1-c1ccccc1-c1ccccc1)c1cc(C(C)(C)c4ccccc4)ccc1B3c1cc3c(cc1N2c1ccc2c(c1)C(C)(C)CCC2(C)C)C(C)(C)CCC3(C)C. The zero-order valence-electron chi connectivity index (χ0n) is 47.4. The maximum absolute atomic E-state index is 2.71. The lowest BCUT2D eigenvalue weighted by atomic mass is 9.33. The van der Waals surface area contributed by atoms with Crippen molar-refractivity contribution in [2.24, 2.45) is 0 Å². The Balaban J connectivity index is 1.21. The molecule has 0 saturated carbocycles. The number of nitrogens with zero attached hydrogens (tertiary/aromatic N) is 2. The highest BCUT2D eigenvalue weighted by Crippen LogP contribution is 2.54. The number of rotatable bonds is 6. The van der Waals surface area contributed by atoms with Crippen LogP contribution in [0.1, 0.15) is 160 Å². The molecule has 2 heterocycles. The Kier molecular flexibility index (Phi) is 11.2. The molecule has 0 saturated heterocycles. The third-order valence-electron chi connectivity index (χ3n) is 18.9. The summed E-state index contributed by atoms with van der Waals surface area (Å²) in [6, 6.07) is 64.1. The lowest BCUT2D eigenvalue weighted by Crippen LogP contribution is -2.62. The molecule has 4 aliphatic rings. The Bertz CT molecular complexity index is 3580. The van der Waals surface area contributed by atoms with Crippen LogP contribution in [0.2, 0.25) is 0 Å². The molecule has 0 radical (unpaired) electrons. The van der Waals surface area contributed by atoms with Crippen LogP contribution in [-0.2, 0) is 32.5 Å². The van der Waals surface area contributed by atoms with Gasteiger partial charge in [0.25, 0.3) is 6.71 Å². The molecule has 8 aromatic rings. The van der Waals surface area contributed by atoms with Gasteiger partial charge in [0.2, 0.25) is 0 Å². The van der Waals surface area contributed by atoms with E-state index in [1.165, 1.54) is 137 Å². The molecular weight excluding hydrogens is 904 g/mol. The van der Waals surface area contributed by atoms with E-state index in [2.05, 4.69) is 271 Å². The highest BCUT2D eigenvalue weighted by molar-refractivity contribution is 7.00. The first kappa shape index (κ1) is 49.3. The lowest BCUT2D eigenvalue weighted by molar-refractivity contribution is 0.332. The molecule has 0 N–H and O–H groups in total. The Morgan fingerprint density at radius 1 is 0.387 bits per heavy atom. The Morgan fingerprint density at radius 3 is 1.56 bits per heavy atom. The second-order valence-electron chi connectivity index (χ2n) is 27.2. The largest absolute Gasteiger partial charge is 0.311 e. The van der Waals surface area contributed by atoms with Crippen molar-refractivity contribution >= 4 is 57.2 Å². The van der Waals surface area contributed by atoms with Crippen LogP contribution < -0.4 is 26.2 Å². The summed E-state index contributed by atoms with van der Waals surface area (Å²) in [4.78, 5) is 5.40. The zero-order valence-corrected chi connectivity index (χ0v) is 47.4. The van der Waals surface area contributed by atoms with Gasteiger partial charge in [0.15, 0.2) is 0 Å². The van der Waals surface area contributed by atoms with Crippen molar-refractivity contribution in [3.63, 3.8) is 0 Å². The molecule has 3 heteroatoms. The first-order valence-electron chi connectivity index (χ1n) is 28.0. The molecule has 0 amide bonds. The summed E-state index contributed by atoms with van der Waals surface area (Å²) in [5.74, 6) is 0. The van der Waals surface area contributed by atoms with Crippen LogP contribution in [0.3, 0.4) is 0 Å². The third kappa shape index (κ3) is 7.88. The highest BCUT2D eigenvalue weighted by Gasteiger charge is 2.48. The van der Waals surface area contributed by atoms with Crippen LogP contribution in [0.5, 0.6) is 0 Å². The normalized spacial score (nSPS) is 17.6. The van der Waals surface area contributed by atoms with Gasteiger partial charge in [0, 0.05) is 39.4 Å². The van der Waals surface area contributed by atoms with Gasteiger partial charge in [-0.1, -0.05) is 205 Å². The van der Waals surface area contributed by atoms with Crippen molar-refractivity contribution in [3.8, 4) is 22.3 Å². The van der Waals surface area contributed by atoms with Crippen LogP contribution in [0.25, 0.3) is 22.3 Å². The first-order chi connectivity index (χ1) is 35.5. The maximum Gasteiger partial charge on any atom is 0.252 e. The molecule has 2 nitrogen and oxygen atoms in total. The molecule has 8 aromatic carbocycles. The molecule has 2 aliphatic heterocycles. The molecule has 0 aromatic heterocycles. The molecule has 0 unspecified atom stereocenters. The molecular formula is C72H77BN2. The van der Waals surface area contributed by atoms with E-state index in [0.717, 1.165) is 6.42 Å². The van der Waals surface area contributed by atoms with Gasteiger partial charge in [0.05, 0.1) is 5.69 Å². The smallest absolute Gasteiger partial charge is 0.252 e. The van der Waals surface area contributed by atoms with Gasteiger partial charge in [-0.25, -0.2) is 0 Å². The van der Waals surface area contributed by atoms with E-state index < -0.39 is 0 Å². The van der Waals surface area contributed by atoms with E-state index in [4.69, 9.17) is 0 Å². The van der Waals surface area contributed by atoms with E-state index in [0.29, 0.717) is 0 Å². The minimum absolute atomic E-state index is 0.00460. The number of aryl methyl sites for hydroxylation is 1. The van der Waals surface area contributed by atoms with Gasteiger partial charge in [-0.15, -0.1) is 0 Å². The molecule has 12 rings (SSSR count). The van der Waals surface area contributed by atoms with E-state index in [1.54, 1.807) is 0 Å². The van der Waals surface area contributed by atoms with Gasteiger partial charge >= 0.3 is 0 Å². The Morgan fingerprint density at radius 2 is 0.920 bits per heavy atom. The number of hydrogen-bond donors (Lipinski definition) is 0. The number of hydrogen-bond acceptors (Lipinski definition) is 2. The molecule has 0 spiro atoms. The molecule has 0 fully saturated rings. The molecule has 2 aliphatic carbocycles. The van der Waals surface area contributed by atoms with Crippen molar-refractivity contribution in [2.45, 2.75) is 155 Å². The average Bonchev–Trinajstić information content (AvgIpc) is 3.41. The third-order valence-corrected chi connectivity index (χ3v) is 18.9. The van der Waals surface area contributed by atoms with E-state index in [-0.39, 0.29) is 39.2 Å². The summed E-state index contributed by atoms with van der Waals surface area (Å²) in [5, 5.41) is 0. The van der Waals surface area contributed by atoms with Crippen LogP contribution >= 0.6 is 0 Å². The van der Waals surface area contributed by atoms with E-state index in [1.807, 2.05) is 0 Å². The monoisotopic (exact) mass is 981 g/mol. The van der Waals surface area contributed by atoms with Crippen molar-refractivity contribution in [3.05, 3.63) is 208 Å². The van der Waals surface area contributed by atoms with Gasteiger partial charge in [-0.05, 0) is 186 Å². The van der Waals surface area contributed by atoms with Crippen LogP contribution in [0.4, 0.5) is 34.1 Å². The second kappa shape index (κ2) is 17.0. The van der Waals surface area contributed by atoms with Crippen molar-refractivity contribution < 1.29 is 0 Å². The first-order valence-corrected chi connectivity index (χ1v) is 28.0. The van der Waals surface area contributed by atoms with Crippen LogP contribution in [-0.4, -0.2) is 6.71 Å². The van der Waals surface area contributed by atoms with Crippen molar-refractivity contribution in [1.82, 2.24) is 0 Å². The fraction of sp³-hybridized carbons (Fsp3) is 0.333. The topological polar surface area (TPSA) is 6.48 Å². The minimum Gasteiger partial charge on any atom is -0.311 e. The maximum atomic E-state index is 2.71. The lowest BCUT2D eigenvalue weighted by Gasteiger charge is -2.48. The van der Waals surface area contributed by atoms with Gasteiger partial charge in [-0.2, -0.15) is 0 Å². The van der Waals surface area contributed by atoms with Crippen molar-refractivity contribution in [1.29, 1.82) is 0 Å². The minimum atomic E-state index is -0.260. The van der Waals surface area contributed by atoms with Gasteiger partial charge < -0.3 is 9.80 Å². The molecule has 0 atom stereocenters. The van der Waals surface area contributed by atoms with Crippen LogP contribution in [0.15, 0.2) is 164 Å². The predicted octanol–water partition coefficient (Wildman–Crippen LogP) is 17.7. The second-order valence-corrected chi connectivity index (χ2v) is 27.2. The highest BCUT2D eigenvalue weighted by atomic mass is 15.2. The molecule has 378 valence electrons. The average molecular weight is 981 g/mol. The van der Waals surface area contributed by atoms with Gasteiger partial charge in [-0.3, -0.25) is 0 Å². The summed E-state index contributed by atoms with van der Waals surface area (Å²) < 4.78 is 0. The quantitative estimate of drug-likeness (QED) is 0.153. The van der Waals surface area contributed by atoms with Gasteiger partial charge in [0.1, 0.15) is 0 Å². The summed E-state index contributed by atoms with van der Waals surface area (Å²) in [6.45, 7) is 34.0. The summed E-state index contributed by atoms with van der Waals surface area (Å²) in [6.07, 6.45) is 4.69. The summed E-state index contributed by atoms with van der Waals surface area (Å²) in [5.41, 5.74) is 27.7. The number of fused-ring (bicyclic) bond motifs is 6. The van der Waals surface area contributed by atoms with Crippen LogP contribution in [0, 0.1) is 6.92 Å². The zero-order chi connectivity index (χ0) is 52.8. The Labute approximate surface area is 450 Å². The predicted molar refractivity (Wildman–Crippen MR) is 324 cm³/mol. The van der Waals surface area contributed by atoms with Crippen molar-refractivity contribution in [2.75, 3.05) is 9.80 Å². The fourth-order valence-corrected chi connectivity index (χ4v) is 13.9. The fourth-order valence-electron chi connectivity index (χ4n) is 13.9. The molecule has 75 heavy (non-hydrogen) atoms. The standard InChI is InChI=1S/C72H77BN2/c1-46-39-64-66-65(40-46)75(61-34-30-49(67(2,3)4)41-54(61)53-28-22-21-27-52(53)47-23-17-15-18-24-47)62-42-50(72(13,14)48-25-19-16-20-26-48)29-33-59(62)73(66)60-44-57-58(71(11,12)38-37-70(57,9)10)45-63(60)74(64)51-31-32-55-56(43-51)69(7,8)36-35-68(55,5)6/h15-34,39-45H,35-38H2,1-14H3. The number of benzene rings is 8. The van der Waals surface area contributed by atoms with E-state index >= 15 is 0 Å². The molecule has 0 bridgehead atoms. The summed E-state index contributed by atoms with van der Waals surface area (Å²) in [7, 11) is 0.